The molecule has 5 unspecified atom stereocenters. The molecule has 0 radical (unpaired) electrons. The van der Waals surface area contributed by atoms with Crippen LogP contribution in [0.4, 0.5) is 0 Å². The molecule has 3 N–H and O–H groups in total. The minimum Gasteiger partial charge on any atom is -0.495 e. The molecule has 7 nitrogen and oxygen atoms in total. The molecule has 2 fully saturated rings. The Morgan fingerprint density at radius 3 is 2.50 bits per heavy atom. The van der Waals surface area contributed by atoms with Gasteiger partial charge in [-0.05, 0) is 23.3 Å². The second-order valence-electron chi connectivity index (χ2n) is 9.81. The first kappa shape index (κ1) is 23.9. The number of methoxy groups -OCH3 is 1. The normalized spacial score (nSPS) is 30.8. The van der Waals surface area contributed by atoms with E-state index in [4.69, 9.17) is 14.2 Å². The van der Waals surface area contributed by atoms with Crippen molar-refractivity contribution in [1.29, 1.82) is 0 Å². The van der Waals surface area contributed by atoms with E-state index in [1.165, 1.54) is 0 Å². The predicted octanol–water partition coefficient (Wildman–Crippen LogP) is 3.34. The number of nitrogens with zero attached hydrogens (tertiary/aromatic N) is 1. The number of hydrogen-bond acceptors (Lipinski definition) is 7. The van der Waals surface area contributed by atoms with Crippen molar-refractivity contribution >= 4 is 15.9 Å². The van der Waals surface area contributed by atoms with Gasteiger partial charge in [-0.3, -0.25) is 4.98 Å². The number of fused-ring (bicyclic) bond motifs is 3. The molecule has 3 heterocycles. The third-order valence-electron chi connectivity index (χ3n) is 8.14. The van der Waals surface area contributed by atoms with Gasteiger partial charge in [0.15, 0.2) is 5.60 Å². The van der Waals surface area contributed by atoms with Gasteiger partial charge in [0.2, 0.25) is 0 Å². The fourth-order valence-corrected chi connectivity index (χ4v) is 6.81. The lowest BCUT2D eigenvalue weighted by atomic mass is 9.70. The van der Waals surface area contributed by atoms with Crippen molar-refractivity contribution in [1.82, 2.24) is 10.3 Å². The Hall–Kier alpha value is -2.49. The zero-order valence-corrected chi connectivity index (χ0v) is 21.5. The molecule has 2 aromatic carbocycles. The van der Waals surface area contributed by atoms with Gasteiger partial charge < -0.3 is 29.7 Å². The van der Waals surface area contributed by atoms with Crippen LogP contribution in [0.1, 0.15) is 22.6 Å². The van der Waals surface area contributed by atoms with E-state index in [9.17, 15) is 10.2 Å². The van der Waals surface area contributed by atoms with Crippen molar-refractivity contribution < 1.29 is 24.4 Å². The van der Waals surface area contributed by atoms with Gasteiger partial charge in [0.05, 0.1) is 44.3 Å². The summed E-state index contributed by atoms with van der Waals surface area (Å²) in [4.78, 5) is 4.33. The highest BCUT2D eigenvalue weighted by atomic mass is 79.9. The third kappa shape index (κ3) is 3.28. The van der Waals surface area contributed by atoms with Crippen LogP contribution < -0.4 is 14.8 Å². The van der Waals surface area contributed by atoms with Crippen molar-refractivity contribution in [3.63, 3.8) is 0 Å². The van der Waals surface area contributed by atoms with Crippen LogP contribution in [0, 0.1) is 11.8 Å². The number of halogens is 1. The van der Waals surface area contributed by atoms with E-state index in [2.05, 4.69) is 26.2 Å². The Balaban J connectivity index is 1.63. The van der Waals surface area contributed by atoms with E-state index in [1.807, 2.05) is 54.6 Å². The van der Waals surface area contributed by atoms with Crippen molar-refractivity contribution in [3.8, 4) is 11.5 Å². The molecule has 0 amide bonds. The third-order valence-corrected chi connectivity index (χ3v) is 8.67. The van der Waals surface area contributed by atoms with Crippen molar-refractivity contribution in [2.75, 3.05) is 33.5 Å². The van der Waals surface area contributed by atoms with Crippen molar-refractivity contribution in [2.45, 2.75) is 23.2 Å². The van der Waals surface area contributed by atoms with Crippen LogP contribution in [-0.4, -0.2) is 54.7 Å². The van der Waals surface area contributed by atoms with Crippen molar-refractivity contribution in [2.24, 2.45) is 11.8 Å². The number of benzene rings is 2. The summed E-state index contributed by atoms with van der Waals surface area (Å²) in [6.07, 6.45) is 3.26. The summed E-state index contributed by atoms with van der Waals surface area (Å²) < 4.78 is 18.9. The standard InChI is InChI=1S/C28H29BrN2O5/c1-34-23-12-30-13-24-26(23)27(33)22(11-31-20-15-35-16-20)21(14-32)25(17-5-3-2-4-6-17)28(27,36-24)18-7-9-19(29)10-8-18/h2-10,12-13,20-22,25,31-33H,11,14-16H2,1H3. The Kier molecular flexibility index (Phi) is 6.05. The van der Waals surface area contributed by atoms with Crippen molar-refractivity contribution in [3.05, 3.63) is 88.2 Å². The summed E-state index contributed by atoms with van der Waals surface area (Å²) in [5.74, 6) is -0.0862. The lowest BCUT2D eigenvalue weighted by Gasteiger charge is -2.42. The molecule has 1 saturated carbocycles. The van der Waals surface area contributed by atoms with Crippen LogP contribution in [0.25, 0.3) is 0 Å². The van der Waals surface area contributed by atoms with E-state index in [0.29, 0.717) is 36.8 Å². The molecular weight excluding hydrogens is 524 g/mol. The topological polar surface area (TPSA) is 93.1 Å². The quantitative estimate of drug-likeness (QED) is 0.414. The lowest BCUT2D eigenvalue weighted by molar-refractivity contribution is -0.130. The lowest BCUT2D eigenvalue weighted by Crippen LogP contribution is -2.54. The molecule has 3 aliphatic rings. The maximum atomic E-state index is 13.1. The monoisotopic (exact) mass is 552 g/mol. The number of aliphatic hydroxyl groups is 2. The van der Waals surface area contributed by atoms with E-state index in [1.54, 1.807) is 19.5 Å². The average Bonchev–Trinajstić information content (AvgIpc) is 3.26. The number of pyridine rings is 1. The van der Waals surface area contributed by atoms with E-state index in [-0.39, 0.29) is 24.5 Å². The van der Waals surface area contributed by atoms with E-state index < -0.39 is 17.1 Å². The fourth-order valence-electron chi connectivity index (χ4n) is 6.55. The van der Waals surface area contributed by atoms with E-state index in [0.717, 1.165) is 15.6 Å². The Labute approximate surface area is 218 Å². The van der Waals surface area contributed by atoms with Gasteiger partial charge in [-0.15, -0.1) is 0 Å². The number of aliphatic hydroxyl groups excluding tert-OH is 1. The molecule has 188 valence electrons. The Morgan fingerprint density at radius 1 is 1.11 bits per heavy atom. The SMILES string of the molecule is COc1cncc2c1C1(O)C(CNC3COC3)C(CO)C(c3ccccc3)C1(c1ccc(Br)cc1)O2. The Morgan fingerprint density at radius 2 is 1.86 bits per heavy atom. The van der Waals surface area contributed by atoms with E-state index >= 15 is 0 Å². The molecule has 5 atom stereocenters. The van der Waals surface area contributed by atoms with Gasteiger partial charge in [-0.25, -0.2) is 0 Å². The highest BCUT2D eigenvalue weighted by Crippen LogP contribution is 2.71. The van der Waals surface area contributed by atoms with Gasteiger partial charge >= 0.3 is 0 Å². The Bertz CT molecular complexity index is 1240. The number of rotatable bonds is 7. The molecule has 36 heavy (non-hydrogen) atoms. The van der Waals surface area contributed by atoms with Crippen LogP contribution in [0.15, 0.2) is 71.5 Å². The van der Waals surface area contributed by atoms with Gasteiger partial charge in [0.25, 0.3) is 0 Å². The van der Waals surface area contributed by atoms with Crippen LogP contribution in [-0.2, 0) is 15.9 Å². The molecular formula is C28H29BrN2O5. The second-order valence-corrected chi connectivity index (χ2v) is 10.7. The summed E-state index contributed by atoms with van der Waals surface area (Å²) in [6.45, 7) is 1.63. The van der Waals surface area contributed by atoms with Crippen LogP contribution >= 0.6 is 15.9 Å². The molecule has 1 aliphatic carbocycles. The minimum absolute atomic E-state index is 0.111. The largest absolute Gasteiger partial charge is 0.495 e. The first-order chi connectivity index (χ1) is 17.5. The molecule has 8 heteroatoms. The summed E-state index contributed by atoms with van der Waals surface area (Å²) >= 11 is 3.55. The molecule has 2 aliphatic heterocycles. The maximum Gasteiger partial charge on any atom is 0.174 e. The van der Waals surface area contributed by atoms with Crippen LogP contribution in [0.3, 0.4) is 0 Å². The smallest absolute Gasteiger partial charge is 0.174 e. The second kappa shape index (κ2) is 9.11. The van der Waals surface area contributed by atoms with Gasteiger partial charge in [0.1, 0.15) is 17.1 Å². The zero-order valence-electron chi connectivity index (χ0n) is 19.9. The van der Waals surface area contributed by atoms with Gasteiger partial charge in [-0.2, -0.15) is 0 Å². The number of ether oxygens (including phenoxy) is 3. The summed E-state index contributed by atoms with van der Waals surface area (Å²) in [6, 6.07) is 18.1. The first-order valence-corrected chi connectivity index (χ1v) is 13.0. The zero-order chi connectivity index (χ0) is 24.9. The summed E-state index contributed by atoms with van der Waals surface area (Å²) in [5, 5.41) is 27.6. The number of nitrogens with one attached hydrogen (secondary N) is 1. The van der Waals surface area contributed by atoms with Crippen LogP contribution in [0.2, 0.25) is 0 Å². The number of hydrogen-bond donors (Lipinski definition) is 3. The highest BCUT2D eigenvalue weighted by molar-refractivity contribution is 9.10. The molecule has 0 bridgehead atoms. The minimum atomic E-state index is -1.52. The first-order valence-electron chi connectivity index (χ1n) is 12.2. The predicted molar refractivity (Wildman–Crippen MR) is 137 cm³/mol. The van der Waals surface area contributed by atoms with Crippen LogP contribution in [0.5, 0.6) is 11.5 Å². The molecule has 1 saturated heterocycles. The highest BCUT2D eigenvalue weighted by Gasteiger charge is 2.76. The maximum absolute atomic E-state index is 13.1. The van der Waals surface area contributed by atoms with Gasteiger partial charge in [-0.1, -0.05) is 58.4 Å². The average molecular weight is 553 g/mol. The molecule has 1 aromatic heterocycles. The fraction of sp³-hybridized carbons (Fsp3) is 0.393. The molecule has 0 spiro atoms. The molecule has 3 aromatic rings. The summed E-state index contributed by atoms with van der Waals surface area (Å²) in [7, 11) is 1.58. The number of aromatic nitrogens is 1. The molecule has 6 rings (SSSR count). The van der Waals surface area contributed by atoms with Gasteiger partial charge in [0, 0.05) is 35.4 Å². The summed E-state index contributed by atoms with van der Waals surface area (Å²) in [5.41, 5.74) is -0.337.